The highest BCUT2D eigenvalue weighted by atomic mass is 15.1. The lowest BCUT2D eigenvalue weighted by atomic mass is 9.18. The van der Waals surface area contributed by atoms with E-state index in [9.17, 15) is 0 Å². The first-order valence-electron chi connectivity index (χ1n) is 14.8. The molecule has 5 heterocycles. The summed E-state index contributed by atoms with van der Waals surface area (Å²) in [7, 11) is 0. The van der Waals surface area contributed by atoms with Crippen LogP contribution in [0.15, 0.2) is 0 Å². The minimum Gasteiger partial charge on any atom is -0.316 e. The number of hydrogen-bond acceptors (Lipinski definition) is 4. The van der Waals surface area contributed by atoms with E-state index in [1.165, 1.54) is 110 Å². The Bertz CT molecular complexity index is 633. The molecule has 8 unspecified atom stereocenters. The number of rotatable bonds is 1. The van der Waals surface area contributed by atoms with E-state index in [-0.39, 0.29) is 0 Å². The van der Waals surface area contributed by atoms with Crippen molar-refractivity contribution in [2.45, 2.75) is 100 Å². The summed E-state index contributed by atoms with van der Waals surface area (Å²) >= 11 is 0. The molecule has 32 heavy (non-hydrogen) atoms. The summed E-state index contributed by atoms with van der Waals surface area (Å²) in [5.74, 6) is 6.61. The molecule has 0 amide bonds. The molecule has 0 bridgehead atoms. The van der Waals surface area contributed by atoms with E-state index in [4.69, 9.17) is 0 Å². The van der Waals surface area contributed by atoms with Crippen LogP contribution >= 0.6 is 0 Å². The Hall–Kier alpha value is -0.0951. The highest BCUT2D eigenvalue weighted by Gasteiger charge is 2.72. The maximum absolute atomic E-state index is 4.34. The molecule has 7 fully saturated rings. The summed E-state index contributed by atoms with van der Waals surface area (Å²) in [6.07, 6.45) is 16.4. The second-order valence-corrected chi connectivity index (χ2v) is 13.0. The van der Waals surface area contributed by atoms with Gasteiger partial charge in [0, 0.05) is 17.5 Å². The van der Waals surface area contributed by atoms with Crippen LogP contribution in [0.4, 0.5) is 0 Å². The Kier molecular flexibility index (Phi) is 5.66. The molecule has 5 saturated heterocycles. The fourth-order valence-electron chi connectivity index (χ4n) is 11.6. The summed E-state index contributed by atoms with van der Waals surface area (Å²) in [5.41, 5.74) is 0.515. The maximum atomic E-state index is 4.34. The normalized spacial score (nSPS) is 51.6. The smallest absolute Gasteiger partial charge is 0.153 e. The molecule has 7 rings (SSSR count). The van der Waals surface area contributed by atoms with Crippen LogP contribution in [0.3, 0.4) is 0 Å². The van der Waals surface area contributed by atoms with Crippen molar-refractivity contribution in [1.82, 2.24) is 21.3 Å². The van der Waals surface area contributed by atoms with E-state index < -0.39 is 0 Å². The largest absolute Gasteiger partial charge is 0.316 e. The Morgan fingerprint density at radius 1 is 0.562 bits per heavy atom. The van der Waals surface area contributed by atoms with E-state index in [0.717, 1.165) is 59.9 Å². The number of fused-ring (bicyclic) bond motifs is 9. The van der Waals surface area contributed by atoms with E-state index in [0.29, 0.717) is 5.41 Å². The van der Waals surface area contributed by atoms with Gasteiger partial charge < -0.3 is 21.3 Å². The van der Waals surface area contributed by atoms with Crippen molar-refractivity contribution in [2.75, 3.05) is 39.3 Å². The minimum absolute atomic E-state index is 0.515. The second-order valence-electron chi connectivity index (χ2n) is 13.0. The van der Waals surface area contributed by atoms with Gasteiger partial charge in [0.05, 0.1) is 0 Å². The third kappa shape index (κ3) is 2.96. The van der Waals surface area contributed by atoms with Crippen LogP contribution in [-0.2, 0) is 0 Å². The molecule has 178 valence electrons. The van der Waals surface area contributed by atoms with Crippen LogP contribution in [0.25, 0.3) is 0 Å². The number of piperidine rings is 4. The van der Waals surface area contributed by atoms with Crippen LogP contribution < -0.4 is 21.3 Å². The zero-order valence-electron chi connectivity index (χ0n) is 20.3. The molecule has 0 aromatic heterocycles. The van der Waals surface area contributed by atoms with Crippen molar-refractivity contribution in [1.29, 1.82) is 0 Å². The van der Waals surface area contributed by atoms with Gasteiger partial charge in [0.2, 0.25) is 0 Å². The highest BCUT2D eigenvalue weighted by Crippen LogP contribution is 2.69. The Labute approximate surface area is 196 Å². The van der Waals surface area contributed by atoms with Crippen molar-refractivity contribution in [3.63, 3.8) is 0 Å². The molecule has 0 radical (unpaired) electrons. The van der Waals surface area contributed by atoms with Crippen molar-refractivity contribution in [3.05, 3.63) is 0 Å². The predicted octanol–water partition coefficient (Wildman–Crippen LogP) is 3.52. The van der Waals surface area contributed by atoms with Crippen LogP contribution in [0.5, 0.6) is 0 Å². The van der Waals surface area contributed by atoms with Gasteiger partial charge in [0.15, 0.2) is 6.71 Å². The quantitative estimate of drug-likeness (QED) is 0.473. The topological polar surface area (TPSA) is 48.1 Å². The molecule has 5 aliphatic heterocycles. The molecule has 5 heteroatoms. The molecule has 1 spiro atoms. The van der Waals surface area contributed by atoms with Crippen LogP contribution in [0.2, 0.25) is 17.5 Å². The highest BCUT2D eigenvalue weighted by molar-refractivity contribution is 6.64. The molecule has 2 saturated carbocycles. The lowest BCUT2D eigenvalue weighted by Gasteiger charge is -2.66. The van der Waals surface area contributed by atoms with E-state index in [2.05, 4.69) is 21.3 Å². The van der Waals surface area contributed by atoms with Gasteiger partial charge in [0.25, 0.3) is 0 Å². The summed E-state index contributed by atoms with van der Waals surface area (Å²) in [6.45, 7) is 8.66. The summed E-state index contributed by atoms with van der Waals surface area (Å²) in [4.78, 5) is 0. The maximum Gasteiger partial charge on any atom is 0.153 e. The van der Waals surface area contributed by atoms with Crippen molar-refractivity contribution in [2.24, 2.45) is 29.1 Å². The molecule has 2 aliphatic carbocycles. The summed E-state index contributed by atoms with van der Waals surface area (Å²) < 4.78 is 0. The monoisotopic (exact) mass is 438 g/mol. The fourth-order valence-corrected chi connectivity index (χ4v) is 11.6. The van der Waals surface area contributed by atoms with Gasteiger partial charge in [0.1, 0.15) is 0 Å². The van der Waals surface area contributed by atoms with E-state index in [1.54, 1.807) is 0 Å². The number of nitrogens with one attached hydrogen (secondary N) is 4. The number of hydrogen-bond donors (Lipinski definition) is 4. The molecular formula is C27H47BN4. The van der Waals surface area contributed by atoms with Crippen LogP contribution in [0.1, 0.15) is 70.6 Å². The molecule has 0 aromatic rings. The first kappa shape index (κ1) is 21.2. The average molecular weight is 439 g/mol. The van der Waals surface area contributed by atoms with Crippen molar-refractivity contribution >= 4 is 6.71 Å². The zero-order chi connectivity index (χ0) is 21.1. The molecule has 4 nitrogen and oxygen atoms in total. The first-order valence-corrected chi connectivity index (χ1v) is 14.8. The summed E-state index contributed by atoms with van der Waals surface area (Å²) in [5, 5.41) is 16.4. The van der Waals surface area contributed by atoms with Crippen LogP contribution in [-0.4, -0.2) is 58.1 Å². The lowest BCUT2D eigenvalue weighted by molar-refractivity contribution is -0.0322. The van der Waals surface area contributed by atoms with Crippen molar-refractivity contribution < 1.29 is 0 Å². The van der Waals surface area contributed by atoms with Crippen LogP contribution in [0, 0.1) is 29.1 Å². The molecular weight excluding hydrogens is 391 g/mol. The first-order chi connectivity index (χ1) is 15.9. The predicted molar refractivity (Wildman–Crippen MR) is 134 cm³/mol. The van der Waals surface area contributed by atoms with Crippen molar-refractivity contribution in [3.8, 4) is 0 Å². The van der Waals surface area contributed by atoms with Gasteiger partial charge in [-0.25, -0.2) is 0 Å². The SMILES string of the molecule is C1CCC(B2C3CCCNC3C3(C4CCNCC4C4CNCCC43)C3NCCCC23)CC1. The minimum atomic E-state index is 0.515. The average Bonchev–Trinajstić information content (AvgIpc) is 3.16. The molecule has 8 atom stereocenters. The molecule has 0 aromatic carbocycles. The van der Waals surface area contributed by atoms with Gasteiger partial charge in [-0.05, 0) is 100 Å². The third-order valence-electron chi connectivity index (χ3n) is 12.2. The lowest BCUT2D eigenvalue weighted by Crippen LogP contribution is -2.74. The van der Waals surface area contributed by atoms with Gasteiger partial charge >= 0.3 is 0 Å². The Balaban J connectivity index is 1.36. The molecule has 7 aliphatic rings. The van der Waals surface area contributed by atoms with Gasteiger partial charge in [-0.1, -0.05) is 50.8 Å². The third-order valence-corrected chi connectivity index (χ3v) is 12.2. The van der Waals surface area contributed by atoms with Gasteiger partial charge in [-0.3, -0.25) is 0 Å². The van der Waals surface area contributed by atoms with Gasteiger partial charge in [-0.2, -0.15) is 0 Å². The Morgan fingerprint density at radius 3 is 1.69 bits per heavy atom. The van der Waals surface area contributed by atoms with E-state index in [1.807, 2.05) is 0 Å². The summed E-state index contributed by atoms with van der Waals surface area (Å²) in [6, 6.07) is 1.57. The van der Waals surface area contributed by atoms with Gasteiger partial charge in [-0.15, -0.1) is 0 Å². The Morgan fingerprint density at radius 2 is 1.12 bits per heavy atom. The second kappa shape index (κ2) is 8.54. The molecule has 4 N–H and O–H groups in total. The zero-order valence-corrected chi connectivity index (χ0v) is 20.3. The van der Waals surface area contributed by atoms with E-state index >= 15 is 0 Å². The fraction of sp³-hybridized carbons (Fsp3) is 1.00. The standard InChI is InChI=1S/C27H47BN4/c1-2-6-18(7-3-1)28-23-8-4-12-31-25(23)27(26-24(28)9-5-13-32-26)21-10-14-29-16-19(21)20-17-30-15-11-22(20)27/h18-26,29-32H,1-17H2.